The van der Waals surface area contributed by atoms with Crippen LogP contribution in [0.1, 0.15) is 46.7 Å². The van der Waals surface area contributed by atoms with Gasteiger partial charge in [-0.05, 0) is 49.6 Å². The van der Waals surface area contributed by atoms with Crippen LogP contribution in [0.5, 0.6) is 0 Å². The van der Waals surface area contributed by atoms with Crippen LogP contribution in [-0.4, -0.2) is 31.7 Å². The van der Waals surface area contributed by atoms with Gasteiger partial charge in [0.1, 0.15) is 5.58 Å². The van der Waals surface area contributed by atoms with E-state index in [1.165, 1.54) is 4.31 Å². The molecule has 160 valence electrons. The van der Waals surface area contributed by atoms with Gasteiger partial charge < -0.3 is 9.73 Å². The van der Waals surface area contributed by atoms with Crippen molar-refractivity contribution in [1.29, 1.82) is 0 Å². The summed E-state index contributed by atoms with van der Waals surface area (Å²) in [6.45, 7) is 10.6. The second kappa shape index (κ2) is 8.62. The third-order valence-electron chi connectivity index (χ3n) is 5.41. The molecule has 1 heterocycles. The van der Waals surface area contributed by atoms with Gasteiger partial charge in [0.2, 0.25) is 10.0 Å². The van der Waals surface area contributed by atoms with Crippen molar-refractivity contribution in [1.82, 2.24) is 9.62 Å². The molecule has 0 unspecified atom stereocenters. The average molecular weight is 429 g/mol. The summed E-state index contributed by atoms with van der Waals surface area (Å²) in [6.07, 6.45) is 0. The number of nitrogens with zero attached hydrogens (tertiary/aromatic N) is 1. The van der Waals surface area contributed by atoms with Gasteiger partial charge in [-0.2, -0.15) is 4.31 Å². The predicted octanol–water partition coefficient (Wildman–Crippen LogP) is 4.32. The minimum absolute atomic E-state index is 0.250. The SMILES string of the molecule is CCN(CC)S(=O)(=O)c1ccc(CNC(=O)c2oc3c(C)ccc(C)c3c2C)cc1. The number of rotatable bonds is 7. The lowest BCUT2D eigenvalue weighted by molar-refractivity contribution is 0.0924. The lowest BCUT2D eigenvalue weighted by Gasteiger charge is -2.18. The van der Waals surface area contributed by atoms with Crippen LogP contribution >= 0.6 is 0 Å². The number of hydrogen-bond acceptors (Lipinski definition) is 4. The molecule has 3 aromatic rings. The Hall–Kier alpha value is -2.64. The summed E-state index contributed by atoms with van der Waals surface area (Å²) in [6, 6.07) is 10.6. The summed E-state index contributed by atoms with van der Waals surface area (Å²) in [7, 11) is -3.49. The first-order valence-electron chi connectivity index (χ1n) is 10.1. The van der Waals surface area contributed by atoms with E-state index in [0.717, 1.165) is 33.2 Å². The molecule has 0 atom stereocenters. The highest BCUT2D eigenvalue weighted by atomic mass is 32.2. The molecular weight excluding hydrogens is 400 g/mol. The van der Waals surface area contributed by atoms with Gasteiger partial charge in [-0.1, -0.05) is 38.1 Å². The zero-order valence-electron chi connectivity index (χ0n) is 18.1. The van der Waals surface area contributed by atoms with Gasteiger partial charge in [-0.15, -0.1) is 0 Å². The highest BCUT2D eigenvalue weighted by Crippen LogP contribution is 2.30. The molecule has 2 aromatic carbocycles. The quantitative estimate of drug-likeness (QED) is 0.608. The summed E-state index contributed by atoms with van der Waals surface area (Å²) in [5.74, 6) is 0.0190. The minimum atomic E-state index is -3.49. The van der Waals surface area contributed by atoms with Crippen LogP contribution in [0, 0.1) is 20.8 Å². The molecule has 0 fully saturated rings. The Morgan fingerprint density at radius 2 is 1.57 bits per heavy atom. The Labute approximate surface area is 177 Å². The maximum atomic E-state index is 12.7. The number of amides is 1. The molecule has 1 N–H and O–H groups in total. The third-order valence-corrected chi connectivity index (χ3v) is 7.47. The summed E-state index contributed by atoms with van der Waals surface area (Å²) in [4.78, 5) is 13.0. The summed E-state index contributed by atoms with van der Waals surface area (Å²) in [5.41, 5.74) is 4.43. The van der Waals surface area contributed by atoms with Crippen molar-refractivity contribution in [3.63, 3.8) is 0 Å². The number of carbonyl (C=O) groups excluding carboxylic acids is 1. The number of hydrogen-bond donors (Lipinski definition) is 1. The van der Waals surface area contributed by atoms with Crippen LogP contribution in [-0.2, 0) is 16.6 Å². The fourth-order valence-corrected chi connectivity index (χ4v) is 5.10. The highest BCUT2D eigenvalue weighted by Gasteiger charge is 2.22. The smallest absolute Gasteiger partial charge is 0.287 e. The Bertz CT molecular complexity index is 1170. The first-order chi connectivity index (χ1) is 14.2. The molecule has 0 aliphatic heterocycles. The zero-order chi connectivity index (χ0) is 22.1. The molecule has 0 spiro atoms. The molecule has 6 nitrogen and oxygen atoms in total. The summed E-state index contributed by atoms with van der Waals surface area (Å²) < 4.78 is 32.5. The van der Waals surface area contributed by atoms with Crippen molar-refractivity contribution in [2.75, 3.05) is 13.1 Å². The first-order valence-corrected chi connectivity index (χ1v) is 11.5. The van der Waals surface area contributed by atoms with E-state index in [1.807, 2.05) is 46.8 Å². The van der Waals surface area contributed by atoms with E-state index in [-0.39, 0.29) is 17.3 Å². The van der Waals surface area contributed by atoms with Gasteiger partial charge in [0.15, 0.2) is 5.76 Å². The van der Waals surface area contributed by atoms with Crippen LogP contribution < -0.4 is 5.32 Å². The topological polar surface area (TPSA) is 79.6 Å². The van der Waals surface area contributed by atoms with Gasteiger partial charge >= 0.3 is 0 Å². The molecule has 1 amide bonds. The maximum Gasteiger partial charge on any atom is 0.287 e. The number of benzene rings is 2. The third kappa shape index (κ3) is 4.00. The molecule has 1 aromatic heterocycles. The largest absolute Gasteiger partial charge is 0.450 e. The van der Waals surface area contributed by atoms with Crippen molar-refractivity contribution in [3.8, 4) is 0 Å². The van der Waals surface area contributed by atoms with Crippen LogP contribution in [0.15, 0.2) is 45.7 Å². The van der Waals surface area contributed by atoms with E-state index in [9.17, 15) is 13.2 Å². The fraction of sp³-hybridized carbons (Fsp3) is 0.348. The standard InChI is InChI=1S/C23H28N2O4S/c1-6-25(7-2)30(27,28)19-12-10-18(11-13-19)14-24-23(26)22-17(5)20-15(3)8-9-16(4)21(20)29-22/h8-13H,6-7,14H2,1-5H3,(H,24,26). The van der Waals surface area contributed by atoms with E-state index < -0.39 is 10.0 Å². The number of nitrogens with one attached hydrogen (secondary N) is 1. The van der Waals surface area contributed by atoms with Crippen molar-refractivity contribution < 1.29 is 17.6 Å². The molecule has 0 aliphatic rings. The van der Waals surface area contributed by atoms with E-state index in [1.54, 1.807) is 24.3 Å². The highest BCUT2D eigenvalue weighted by molar-refractivity contribution is 7.89. The molecule has 7 heteroatoms. The van der Waals surface area contributed by atoms with Gasteiger partial charge in [0.05, 0.1) is 4.90 Å². The van der Waals surface area contributed by atoms with Crippen molar-refractivity contribution in [2.24, 2.45) is 0 Å². The predicted molar refractivity (Wildman–Crippen MR) is 118 cm³/mol. The zero-order valence-corrected chi connectivity index (χ0v) is 18.9. The number of sulfonamides is 1. The monoisotopic (exact) mass is 428 g/mol. The lowest BCUT2D eigenvalue weighted by Crippen LogP contribution is -2.30. The second-order valence-corrected chi connectivity index (χ2v) is 9.31. The first kappa shape index (κ1) is 22.1. The van der Waals surface area contributed by atoms with Gasteiger partial charge in [-0.3, -0.25) is 4.79 Å². The second-order valence-electron chi connectivity index (χ2n) is 7.38. The van der Waals surface area contributed by atoms with Crippen molar-refractivity contribution >= 4 is 26.9 Å². The van der Waals surface area contributed by atoms with E-state index in [0.29, 0.717) is 18.8 Å². The van der Waals surface area contributed by atoms with Crippen LogP contribution in [0.4, 0.5) is 0 Å². The Balaban J connectivity index is 1.76. The van der Waals surface area contributed by atoms with Crippen LogP contribution in [0.3, 0.4) is 0 Å². The van der Waals surface area contributed by atoms with E-state index in [2.05, 4.69) is 5.32 Å². The Kier molecular flexibility index (Phi) is 6.33. The maximum absolute atomic E-state index is 12.7. The summed E-state index contributed by atoms with van der Waals surface area (Å²) >= 11 is 0. The van der Waals surface area contributed by atoms with E-state index >= 15 is 0 Å². The Morgan fingerprint density at radius 1 is 0.967 bits per heavy atom. The van der Waals surface area contributed by atoms with E-state index in [4.69, 9.17) is 4.42 Å². The Morgan fingerprint density at radius 3 is 2.13 bits per heavy atom. The number of carbonyl (C=O) groups is 1. The summed E-state index contributed by atoms with van der Waals surface area (Å²) in [5, 5.41) is 3.84. The van der Waals surface area contributed by atoms with Crippen molar-refractivity contribution in [3.05, 3.63) is 64.4 Å². The molecular formula is C23H28N2O4S. The normalized spacial score (nSPS) is 11.9. The molecule has 0 radical (unpaired) electrons. The van der Waals surface area contributed by atoms with Gasteiger partial charge in [-0.25, -0.2) is 8.42 Å². The number of fused-ring (bicyclic) bond motifs is 1. The fourth-order valence-electron chi connectivity index (χ4n) is 3.65. The molecule has 0 saturated carbocycles. The lowest BCUT2D eigenvalue weighted by atomic mass is 10.0. The number of furan rings is 1. The van der Waals surface area contributed by atoms with Crippen LogP contribution in [0.25, 0.3) is 11.0 Å². The molecule has 0 aliphatic carbocycles. The number of aryl methyl sites for hydroxylation is 3. The molecule has 0 saturated heterocycles. The minimum Gasteiger partial charge on any atom is -0.450 e. The van der Waals surface area contributed by atoms with Gasteiger partial charge in [0, 0.05) is 30.6 Å². The average Bonchev–Trinajstić information content (AvgIpc) is 3.08. The molecule has 0 bridgehead atoms. The molecule has 3 rings (SSSR count). The molecule has 30 heavy (non-hydrogen) atoms. The van der Waals surface area contributed by atoms with Gasteiger partial charge in [0.25, 0.3) is 5.91 Å². The van der Waals surface area contributed by atoms with Crippen molar-refractivity contribution in [2.45, 2.75) is 46.1 Å². The van der Waals surface area contributed by atoms with Crippen LogP contribution in [0.2, 0.25) is 0 Å².